The third-order valence-electron chi connectivity index (χ3n) is 4.39. The normalized spacial score (nSPS) is 18.4. The maximum absolute atomic E-state index is 4.64. The predicted octanol–water partition coefficient (Wildman–Crippen LogP) is 3.09. The Labute approximate surface area is 150 Å². The molecule has 1 aliphatic rings. The van der Waals surface area contributed by atoms with Crippen molar-refractivity contribution in [3.63, 3.8) is 0 Å². The quantitative estimate of drug-likeness (QED) is 0.732. The fourth-order valence-electron chi connectivity index (χ4n) is 3.28. The van der Waals surface area contributed by atoms with Crippen LogP contribution in [0.15, 0.2) is 31.0 Å². The van der Waals surface area contributed by atoms with Gasteiger partial charge in [0.1, 0.15) is 5.82 Å². The fourth-order valence-corrected chi connectivity index (χ4v) is 3.94. The lowest BCUT2D eigenvalue weighted by molar-refractivity contribution is 0.195. The van der Waals surface area contributed by atoms with Gasteiger partial charge in [-0.3, -0.25) is 9.88 Å². The maximum atomic E-state index is 4.64. The van der Waals surface area contributed by atoms with Crippen molar-refractivity contribution in [2.45, 2.75) is 32.2 Å². The second kappa shape index (κ2) is 7.28. The minimum atomic E-state index is 0.362. The molecule has 1 aliphatic heterocycles. The Balaban J connectivity index is 1.50. The monoisotopic (exact) mass is 355 g/mol. The van der Waals surface area contributed by atoms with Crippen LogP contribution in [-0.2, 0) is 6.54 Å². The first-order valence-electron chi connectivity index (χ1n) is 8.49. The number of rotatable bonds is 5. The third kappa shape index (κ3) is 3.85. The van der Waals surface area contributed by atoms with Crippen molar-refractivity contribution in [2.24, 2.45) is 0 Å². The Kier molecular flexibility index (Phi) is 4.71. The van der Waals surface area contributed by atoms with Gasteiger partial charge in [0.25, 0.3) is 0 Å². The second-order valence-electron chi connectivity index (χ2n) is 6.30. The number of nitrogens with one attached hydrogen (secondary N) is 2. The number of thiazole rings is 1. The van der Waals surface area contributed by atoms with Gasteiger partial charge in [0.2, 0.25) is 0 Å². The van der Waals surface area contributed by atoms with Gasteiger partial charge in [-0.15, -0.1) is 11.3 Å². The number of aromatic nitrogens is 5. The lowest BCUT2D eigenvalue weighted by atomic mass is 9.94. The third-order valence-corrected chi connectivity index (χ3v) is 5.22. The van der Waals surface area contributed by atoms with Gasteiger partial charge in [-0.25, -0.2) is 15.0 Å². The number of likely N-dealkylation sites (tertiary alicyclic amines) is 1. The summed E-state index contributed by atoms with van der Waals surface area (Å²) in [5.74, 6) is 2.19. The van der Waals surface area contributed by atoms with Crippen molar-refractivity contribution in [1.82, 2.24) is 29.8 Å². The van der Waals surface area contributed by atoms with Gasteiger partial charge >= 0.3 is 0 Å². The minimum Gasteiger partial charge on any atom is -0.348 e. The van der Waals surface area contributed by atoms with Crippen LogP contribution in [0.25, 0.3) is 0 Å². The molecule has 3 aromatic heterocycles. The molecule has 1 saturated heterocycles. The van der Waals surface area contributed by atoms with Crippen LogP contribution in [0.3, 0.4) is 0 Å². The molecule has 7 nitrogen and oxygen atoms in total. The molecule has 0 radical (unpaired) electrons. The van der Waals surface area contributed by atoms with Gasteiger partial charge in [-0.2, -0.15) is 0 Å². The van der Waals surface area contributed by atoms with Crippen LogP contribution in [0.5, 0.6) is 0 Å². The molecule has 0 saturated carbocycles. The van der Waals surface area contributed by atoms with Crippen molar-refractivity contribution in [2.75, 3.05) is 18.4 Å². The van der Waals surface area contributed by atoms with E-state index in [0.29, 0.717) is 5.92 Å². The molecular formula is C17H21N7S. The lowest BCUT2D eigenvalue weighted by Crippen LogP contribution is -2.34. The van der Waals surface area contributed by atoms with E-state index in [9.17, 15) is 0 Å². The van der Waals surface area contributed by atoms with Crippen LogP contribution < -0.4 is 5.32 Å². The highest BCUT2D eigenvalue weighted by atomic mass is 32.1. The molecule has 0 aliphatic carbocycles. The average Bonchev–Trinajstić information content (AvgIpc) is 3.27. The first-order valence-corrected chi connectivity index (χ1v) is 9.30. The highest BCUT2D eigenvalue weighted by Crippen LogP contribution is 2.31. The largest absolute Gasteiger partial charge is 0.348 e. The summed E-state index contributed by atoms with van der Waals surface area (Å²) in [6.07, 6.45) is 11.3. The molecule has 2 N–H and O–H groups in total. The van der Waals surface area contributed by atoms with E-state index in [2.05, 4.69) is 35.1 Å². The molecule has 1 atom stereocenters. The molecule has 4 heterocycles. The SMILES string of the molecule is Cc1cnc(Nc2nccnc2[C@H]2CCCN(Cc3ncc[nH]3)C2)s1. The van der Waals surface area contributed by atoms with Gasteiger partial charge in [0.05, 0.1) is 12.2 Å². The summed E-state index contributed by atoms with van der Waals surface area (Å²) in [7, 11) is 0. The number of anilines is 2. The summed E-state index contributed by atoms with van der Waals surface area (Å²) in [6.45, 7) is 4.95. The van der Waals surface area contributed by atoms with Crippen LogP contribution in [-0.4, -0.2) is 42.9 Å². The van der Waals surface area contributed by atoms with Crippen LogP contribution in [0.1, 0.15) is 35.2 Å². The number of aromatic amines is 1. The summed E-state index contributed by atoms with van der Waals surface area (Å²) in [4.78, 5) is 24.7. The Morgan fingerprint density at radius 1 is 1.24 bits per heavy atom. The highest BCUT2D eigenvalue weighted by molar-refractivity contribution is 7.15. The lowest BCUT2D eigenvalue weighted by Gasteiger charge is -2.32. The van der Waals surface area contributed by atoms with Gasteiger partial charge in [-0.1, -0.05) is 0 Å². The van der Waals surface area contributed by atoms with E-state index in [1.807, 2.05) is 19.3 Å². The van der Waals surface area contributed by atoms with Crippen molar-refractivity contribution >= 4 is 22.3 Å². The van der Waals surface area contributed by atoms with Crippen LogP contribution in [0, 0.1) is 6.92 Å². The molecule has 0 bridgehead atoms. The molecule has 25 heavy (non-hydrogen) atoms. The average molecular weight is 355 g/mol. The molecule has 4 rings (SSSR count). The Bertz CT molecular complexity index is 814. The van der Waals surface area contributed by atoms with E-state index in [4.69, 9.17) is 0 Å². The molecule has 8 heteroatoms. The minimum absolute atomic E-state index is 0.362. The summed E-state index contributed by atoms with van der Waals surface area (Å²) < 4.78 is 0. The van der Waals surface area contributed by atoms with E-state index in [0.717, 1.165) is 54.9 Å². The zero-order valence-corrected chi connectivity index (χ0v) is 15.0. The predicted molar refractivity (Wildman–Crippen MR) is 98.0 cm³/mol. The number of hydrogen-bond acceptors (Lipinski definition) is 7. The standard InChI is InChI=1S/C17H21N7S/c1-12-9-22-17(25-12)23-16-15(20-6-7-21-16)13-3-2-8-24(10-13)11-14-18-4-5-19-14/h4-7,9,13H,2-3,8,10-11H2,1H3,(H,18,19)(H,21,22,23)/t13-/m0/s1. The Morgan fingerprint density at radius 3 is 2.96 bits per heavy atom. The summed E-state index contributed by atoms with van der Waals surface area (Å²) in [6, 6.07) is 0. The van der Waals surface area contributed by atoms with E-state index in [1.165, 1.54) is 4.88 Å². The molecule has 1 fully saturated rings. The molecule has 130 valence electrons. The zero-order valence-electron chi connectivity index (χ0n) is 14.1. The van der Waals surface area contributed by atoms with Crippen LogP contribution >= 0.6 is 11.3 Å². The van der Waals surface area contributed by atoms with Gasteiger partial charge in [-0.05, 0) is 26.3 Å². The van der Waals surface area contributed by atoms with Crippen molar-refractivity contribution in [1.29, 1.82) is 0 Å². The number of imidazole rings is 1. The number of nitrogens with zero attached hydrogens (tertiary/aromatic N) is 5. The van der Waals surface area contributed by atoms with E-state index >= 15 is 0 Å². The first kappa shape index (κ1) is 16.2. The Hall–Kier alpha value is -2.32. The number of piperidine rings is 1. The smallest absolute Gasteiger partial charge is 0.188 e. The fraction of sp³-hybridized carbons (Fsp3) is 0.412. The van der Waals surface area contributed by atoms with Gasteiger partial charge < -0.3 is 10.3 Å². The molecule has 0 unspecified atom stereocenters. The molecule has 0 aromatic carbocycles. The van der Waals surface area contributed by atoms with Crippen LogP contribution in [0.2, 0.25) is 0 Å². The molecule has 0 spiro atoms. The summed E-state index contributed by atoms with van der Waals surface area (Å²) in [5, 5.41) is 4.21. The number of aryl methyl sites for hydroxylation is 1. The molecule has 0 amide bonds. The maximum Gasteiger partial charge on any atom is 0.188 e. The van der Waals surface area contributed by atoms with Gasteiger partial charge in [0, 0.05) is 48.3 Å². The first-order chi connectivity index (χ1) is 12.3. The summed E-state index contributed by atoms with van der Waals surface area (Å²) in [5.41, 5.74) is 1.03. The van der Waals surface area contributed by atoms with E-state index < -0.39 is 0 Å². The van der Waals surface area contributed by atoms with Crippen molar-refractivity contribution in [3.8, 4) is 0 Å². The van der Waals surface area contributed by atoms with E-state index in [-0.39, 0.29) is 0 Å². The molecular weight excluding hydrogens is 334 g/mol. The Morgan fingerprint density at radius 2 is 2.16 bits per heavy atom. The highest BCUT2D eigenvalue weighted by Gasteiger charge is 2.25. The number of H-pyrrole nitrogens is 1. The zero-order chi connectivity index (χ0) is 17.1. The van der Waals surface area contributed by atoms with Gasteiger partial charge in [0.15, 0.2) is 10.9 Å². The van der Waals surface area contributed by atoms with Crippen molar-refractivity contribution < 1.29 is 0 Å². The summed E-state index contributed by atoms with van der Waals surface area (Å²) >= 11 is 1.63. The van der Waals surface area contributed by atoms with Crippen LogP contribution in [0.4, 0.5) is 10.9 Å². The number of hydrogen-bond donors (Lipinski definition) is 2. The van der Waals surface area contributed by atoms with Crippen molar-refractivity contribution in [3.05, 3.63) is 47.4 Å². The van der Waals surface area contributed by atoms with E-state index in [1.54, 1.807) is 29.9 Å². The topological polar surface area (TPSA) is 82.6 Å². The molecule has 3 aromatic rings. The second-order valence-corrected chi connectivity index (χ2v) is 7.54.